The second-order valence-electron chi connectivity index (χ2n) is 7.30. The highest BCUT2D eigenvalue weighted by atomic mass is 16.5. The lowest BCUT2D eigenvalue weighted by Gasteiger charge is -2.29. The van der Waals surface area contributed by atoms with Gasteiger partial charge >= 0.3 is 12.0 Å². The molecule has 2 N–H and O–H groups in total. The number of hydrogen-bond donors (Lipinski definition) is 2. The minimum atomic E-state index is -0.726. The first-order chi connectivity index (χ1) is 13.0. The highest BCUT2D eigenvalue weighted by molar-refractivity contribution is 5.75. The van der Waals surface area contributed by atoms with Gasteiger partial charge in [0, 0.05) is 19.1 Å². The summed E-state index contributed by atoms with van der Waals surface area (Å²) in [5.41, 5.74) is 2.37. The van der Waals surface area contributed by atoms with Gasteiger partial charge in [-0.3, -0.25) is 4.79 Å². The van der Waals surface area contributed by atoms with E-state index in [1.807, 2.05) is 17.0 Å². The van der Waals surface area contributed by atoms with Crippen LogP contribution in [-0.4, -0.2) is 55.4 Å². The molecule has 2 amide bonds. The van der Waals surface area contributed by atoms with Gasteiger partial charge in [0.05, 0.1) is 20.1 Å². The number of aliphatic carboxylic acids is 1. The average molecular weight is 376 g/mol. The van der Waals surface area contributed by atoms with E-state index in [4.69, 9.17) is 14.6 Å². The van der Waals surface area contributed by atoms with Crippen LogP contribution in [0, 0.1) is 5.92 Å². The van der Waals surface area contributed by atoms with Crippen molar-refractivity contribution in [3.05, 3.63) is 23.3 Å². The number of fused-ring (bicyclic) bond motifs is 1. The van der Waals surface area contributed by atoms with Crippen LogP contribution in [0.15, 0.2) is 12.1 Å². The van der Waals surface area contributed by atoms with Gasteiger partial charge in [-0.2, -0.15) is 0 Å². The van der Waals surface area contributed by atoms with E-state index in [-0.39, 0.29) is 18.0 Å². The lowest BCUT2D eigenvalue weighted by atomic mass is 9.86. The summed E-state index contributed by atoms with van der Waals surface area (Å²) >= 11 is 0. The van der Waals surface area contributed by atoms with Crippen molar-refractivity contribution >= 4 is 12.0 Å². The Kier molecular flexibility index (Phi) is 6.08. The summed E-state index contributed by atoms with van der Waals surface area (Å²) < 4.78 is 10.8. The van der Waals surface area contributed by atoms with Gasteiger partial charge in [0.1, 0.15) is 0 Å². The molecule has 148 valence electrons. The molecule has 1 aromatic rings. The molecule has 1 aliphatic carbocycles. The van der Waals surface area contributed by atoms with Crippen molar-refractivity contribution in [2.45, 2.75) is 44.6 Å². The molecule has 0 atom stereocenters. The molecular weight excluding hydrogens is 348 g/mol. The molecule has 0 saturated heterocycles. The monoisotopic (exact) mass is 376 g/mol. The van der Waals surface area contributed by atoms with Crippen LogP contribution in [0.4, 0.5) is 4.79 Å². The van der Waals surface area contributed by atoms with Crippen LogP contribution < -0.4 is 14.8 Å². The molecule has 3 rings (SSSR count). The number of amides is 2. The van der Waals surface area contributed by atoms with Crippen LogP contribution in [0.2, 0.25) is 0 Å². The minimum Gasteiger partial charge on any atom is -0.493 e. The predicted molar refractivity (Wildman–Crippen MR) is 100 cm³/mol. The Morgan fingerprint density at radius 1 is 1.00 bits per heavy atom. The van der Waals surface area contributed by atoms with Gasteiger partial charge in [-0.05, 0) is 61.8 Å². The largest absolute Gasteiger partial charge is 0.493 e. The summed E-state index contributed by atoms with van der Waals surface area (Å²) in [6, 6.07) is 4.02. The molecule has 2 aliphatic rings. The molecule has 0 unspecified atom stereocenters. The maximum absolute atomic E-state index is 12.7. The van der Waals surface area contributed by atoms with Gasteiger partial charge in [-0.25, -0.2) is 4.79 Å². The van der Waals surface area contributed by atoms with E-state index in [9.17, 15) is 9.59 Å². The van der Waals surface area contributed by atoms with Crippen LogP contribution in [0.1, 0.15) is 36.8 Å². The molecule has 27 heavy (non-hydrogen) atoms. The van der Waals surface area contributed by atoms with E-state index in [0.717, 1.165) is 25.7 Å². The van der Waals surface area contributed by atoms with Gasteiger partial charge in [0.15, 0.2) is 11.5 Å². The fourth-order valence-electron chi connectivity index (χ4n) is 4.00. The minimum absolute atomic E-state index is 0.0551. The van der Waals surface area contributed by atoms with E-state index >= 15 is 0 Å². The zero-order valence-corrected chi connectivity index (χ0v) is 16.0. The van der Waals surface area contributed by atoms with Gasteiger partial charge in [-0.15, -0.1) is 0 Å². The van der Waals surface area contributed by atoms with Gasteiger partial charge in [-0.1, -0.05) is 0 Å². The van der Waals surface area contributed by atoms with Crippen LogP contribution >= 0.6 is 0 Å². The number of hydrogen-bond acceptors (Lipinski definition) is 4. The second kappa shape index (κ2) is 8.50. The van der Waals surface area contributed by atoms with Crippen molar-refractivity contribution in [3.63, 3.8) is 0 Å². The number of nitrogens with one attached hydrogen (secondary N) is 1. The molecular formula is C20H28N2O5. The fourth-order valence-corrected chi connectivity index (χ4v) is 4.00. The van der Waals surface area contributed by atoms with Crippen LogP contribution in [-0.2, 0) is 17.6 Å². The topological polar surface area (TPSA) is 88.1 Å². The molecule has 0 radical (unpaired) electrons. The van der Waals surface area contributed by atoms with Crippen molar-refractivity contribution < 1.29 is 24.2 Å². The van der Waals surface area contributed by atoms with Gasteiger partial charge < -0.3 is 24.8 Å². The standard InChI is InChI=1S/C20H28N2O5/c1-26-17-11-14-7-9-22(10-8-15(14)12-18(17)27-2)20(25)21-16-5-3-13(4-6-16)19(23)24/h11-13,16H,3-10H2,1-2H3,(H,21,25)(H,23,24). The SMILES string of the molecule is COc1cc2c(cc1OC)CCN(C(=O)NC1CCC(C(=O)O)CC1)CC2. The third-order valence-corrected chi connectivity index (χ3v) is 5.70. The van der Waals surface area contributed by atoms with E-state index < -0.39 is 5.97 Å². The van der Waals surface area contributed by atoms with Crippen molar-refractivity contribution in [1.82, 2.24) is 10.2 Å². The summed E-state index contributed by atoms with van der Waals surface area (Å²) in [6.07, 6.45) is 4.26. The number of methoxy groups -OCH3 is 2. The summed E-state index contributed by atoms with van der Waals surface area (Å²) in [4.78, 5) is 25.6. The van der Waals surface area contributed by atoms with E-state index in [2.05, 4.69) is 5.32 Å². The third kappa shape index (κ3) is 4.46. The van der Waals surface area contributed by atoms with Crippen molar-refractivity contribution in [1.29, 1.82) is 0 Å². The number of urea groups is 1. The third-order valence-electron chi connectivity index (χ3n) is 5.70. The Morgan fingerprint density at radius 2 is 1.52 bits per heavy atom. The number of carbonyl (C=O) groups is 2. The van der Waals surface area contributed by atoms with E-state index in [1.54, 1.807) is 14.2 Å². The first-order valence-corrected chi connectivity index (χ1v) is 9.53. The summed E-state index contributed by atoms with van der Waals surface area (Å²) in [6.45, 7) is 1.30. The molecule has 0 bridgehead atoms. The molecule has 0 spiro atoms. The molecule has 1 heterocycles. The highest BCUT2D eigenvalue weighted by Gasteiger charge is 2.28. The first-order valence-electron chi connectivity index (χ1n) is 9.53. The number of ether oxygens (including phenoxy) is 2. The molecule has 1 saturated carbocycles. The van der Waals surface area contributed by atoms with E-state index in [1.165, 1.54) is 11.1 Å². The molecule has 7 heteroatoms. The lowest BCUT2D eigenvalue weighted by Crippen LogP contribution is -2.47. The zero-order chi connectivity index (χ0) is 19.4. The Balaban J connectivity index is 1.58. The lowest BCUT2D eigenvalue weighted by molar-refractivity contribution is -0.142. The number of carbonyl (C=O) groups excluding carboxylic acids is 1. The summed E-state index contributed by atoms with van der Waals surface area (Å²) in [7, 11) is 3.25. The number of benzene rings is 1. The molecule has 1 fully saturated rings. The Labute approximate surface area is 159 Å². The normalized spacial score (nSPS) is 22.4. The van der Waals surface area contributed by atoms with Crippen molar-refractivity contribution in [3.8, 4) is 11.5 Å². The fraction of sp³-hybridized carbons (Fsp3) is 0.600. The molecule has 7 nitrogen and oxygen atoms in total. The smallest absolute Gasteiger partial charge is 0.317 e. The Morgan fingerprint density at radius 3 is 1.96 bits per heavy atom. The van der Waals surface area contributed by atoms with Crippen LogP contribution in [0.3, 0.4) is 0 Å². The first kappa shape index (κ1) is 19.3. The van der Waals surface area contributed by atoms with Crippen molar-refractivity contribution in [2.75, 3.05) is 27.3 Å². The van der Waals surface area contributed by atoms with Crippen LogP contribution in [0.5, 0.6) is 11.5 Å². The van der Waals surface area contributed by atoms with Crippen molar-refractivity contribution in [2.24, 2.45) is 5.92 Å². The second-order valence-corrected chi connectivity index (χ2v) is 7.30. The number of rotatable bonds is 4. The summed E-state index contributed by atoms with van der Waals surface area (Å²) in [5, 5.41) is 12.2. The van der Waals surface area contributed by atoms with Crippen LogP contribution in [0.25, 0.3) is 0 Å². The zero-order valence-electron chi connectivity index (χ0n) is 16.0. The average Bonchev–Trinajstić information content (AvgIpc) is 2.89. The van der Waals surface area contributed by atoms with Gasteiger partial charge in [0.25, 0.3) is 0 Å². The maximum atomic E-state index is 12.7. The predicted octanol–water partition coefficient (Wildman–Crippen LogP) is 2.46. The number of carboxylic acid groups (broad SMARTS) is 1. The summed E-state index contributed by atoms with van der Waals surface area (Å²) in [5.74, 6) is 0.431. The number of carboxylic acids is 1. The number of nitrogens with zero attached hydrogens (tertiary/aromatic N) is 1. The van der Waals surface area contributed by atoms with Gasteiger partial charge in [0.2, 0.25) is 0 Å². The maximum Gasteiger partial charge on any atom is 0.317 e. The van der Waals surface area contributed by atoms with E-state index in [0.29, 0.717) is 37.4 Å². The Hall–Kier alpha value is -2.44. The molecule has 1 aliphatic heterocycles. The Bertz CT molecular complexity index is 663. The molecule has 1 aromatic carbocycles. The molecule has 0 aromatic heterocycles. The highest BCUT2D eigenvalue weighted by Crippen LogP contribution is 2.32. The quantitative estimate of drug-likeness (QED) is 0.843.